The number of rotatable bonds is 6. The number of aromatic nitrogens is 5. The Morgan fingerprint density at radius 2 is 1.75 bits per heavy atom. The Kier molecular flexibility index (Phi) is 5.17. The first-order chi connectivity index (χ1) is 15.7. The lowest BCUT2D eigenvalue weighted by atomic mass is 10.2. The Morgan fingerprint density at radius 3 is 2.53 bits per heavy atom. The van der Waals surface area contributed by atoms with Crippen molar-refractivity contribution in [2.45, 2.75) is 12.8 Å². The second-order valence-electron chi connectivity index (χ2n) is 7.36. The molecule has 158 valence electrons. The first-order valence-corrected chi connectivity index (χ1v) is 10.2. The van der Waals surface area contributed by atoms with E-state index >= 15 is 0 Å². The Balaban J connectivity index is 1.21. The van der Waals surface area contributed by atoms with Gasteiger partial charge in [0.1, 0.15) is 5.82 Å². The molecule has 3 aromatic heterocycles. The number of imidazole rings is 1. The molecule has 0 unspecified atom stereocenters. The fourth-order valence-corrected chi connectivity index (χ4v) is 3.52. The average molecular weight is 424 g/mol. The highest BCUT2D eigenvalue weighted by molar-refractivity contribution is 5.91. The van der Waals surface area contributed by atoms with Crippen molar-refractivity contribution in [1.82, 2.24) is 24.7 Å². The molecule has 0 atom stereocenters. The first kappa shape index (κ1) is 19.6. The highest BCUT2D eigenvalue weighted by atomic mass is 16.5. The number of hydrogen-bond acceptors (Lipinski definition) is 6. The van der Waals surface area contributed by atoms with Crippen molar-refractivity contribution in [3.63, 3.8) is 0 Å². The molecule has 1 N–H and O–H groups in total. The maximum atomic E-state index is 12.4. The number of carbonyl (C=O) groups is 1. The number of amides is 1. The molecule has 1 amide bonds. The molecular weight excluding hydrogens is 404 g/mol. The van der Waals surface area contributed by atoms with Crippen molar-refractivity contribution in [2.75, 3.05) is 5.32 Å². The summed E-state index contributed by atoms with van der Waals surface area (Å²) in [5, 5.41) is 6.86. The zero-order valence-electron chi connectivity index (χ0n) is 17.4. The molecule has 8 heteroatoms. The summed E-state index contributed by atoms with van der Waals surface area (Å²) in [6, 6.07) is 19.3. The molecule has 0 spiro atoms. The van der Waals surface area contributed by atoms with Gasteiger partial charge in [0.2, 0.25) is 17.6 Å². The third kappa shape index (κ3) is 3.98. The maximum absolute atomic E-state index is 12.4. The summed E-state index contributed by atoms with van der Waals surface area (Å²) < 4.78 is 7.31. The van der Waals surface area contributed by atoms with Crippen molar-refractivity contribution in [2.24, 2.45) is 7.05 Å². The number of carbonyl (C=O) groups excluding carboxylic acids is 1. The number of anilines is 1. The topological polar surface area (TPSA) is 98.7 Å². The number of benzene rings is 2. The van der Waals surface area contributed by atoms with Crippen LogP contribution in [0.25, 0.3) is 33.8 Å². The van der Waals surface area contributed by atoms with E-state index in [0.717, 1.165) is 33.7 Å². The molecule has 0 saturated heterocycles. The third-order valence-electron chi connectivity index (χ3n) is 5.19. The summed E-state index contributed by atoms with van der Waals surface area (Å²) in [5.74, 6) is 1.67. The highest BCUT2D eigenvalue weighted by Crippen LogP contribution is 2.25. The zero-order chi connectivity index (χ0) is 21.9. The fraction of sp³-hybridized carbons (Fsp3) is 0.125. The Labute approximate surface area is 183 Å². The van der Waals surface area contributed by atoms with Crippen LogP contribution in [0.3, 0.4) is 0 Å². The van der Waals surface area contributed by atoms with E-state index in [9.17, 15) is 4.79 Å². The molecule has 5 rings (SSSR count). The van der Waals surface area contributed by atoms with Crippen LogP contribution >= 0.6 is 0 Å². The van der Waals surface area contributed by atoms with E-state index in [4.69, 9.17) is 9.51 Å². The number of para-hydroxylation sites is 2. The highest BCUT2D eigenvalue weighted by Gasteiger charge is 2.12. The van der Waals surface area contributed by atoms with Gasteiger partial charge < -0.3 is 14.4 Å². The van der Waals surface area contributed by atoms with E-state index < -0.39 is 0 Å². The second-order valence-corrected chi connectivity index (χ2v) is 7.36. The van der Waals surface area contributed by atoms with Crippen molar-refractivity contribution < 1.29 is 9.32 Å². The summed E-state index contributed by atoms with van der Waals surface area (Å²) in [6.07, 6.45) is 3.94. The SMILES string of the molecule is Cn1c(-c2ccc(NC(=O)CCc3nc(-c4ccncc4)no3)cc2)nc2ccccc21. The van der Waals surface area contributed by atoms with Crippen molar-refractivity contribution in [3.8, 4) is 22.8 Å². The molecule has 0 fully saturated rings. The number of nitrogens with one attached hydrogen (secondary N) is 1. The Bertz CT molecular complexity index is 1370. The molecule has 0 bridgehead atoms. The summed E-state index contributed by atoms with van der Waals surface area (Å²) in [5.41, 5.74) is 4.56. The molecule has 0 aliphatic rings. The van der Waals surface area contributed by atoms with E-state index in [1.54, 1.807) is 24.5 Å². The second kappa shape index (κ2) is 8.43. The van der Waals surface area contributed by atoms with Crippen molar-refractivity contribution >= 4 is 22.6 Å². The molecule has 8 nitrogen and oxygen atoms in total. The summed E-state index contributed by atoms with van der Waals surface area (Å²) in [6.45, 7) is 0. The van der Waals surface area contributed by atoms with Gasteiger partial charge in [0, 0.05) is 49.1 Å². The smallest absolute Gasteiger partial charge is 0.227 e. The van der Waals surface area contributed by atoms with Crippen LogP contribution in [0.15, 0.2) is 77.6 Å². The van der Waals surface area contributed by atoms with Crippen LogP contribution in [-0.2, 0) is 18.3 Å². The number of pyridine rings is 1. The van der Waals surface area contributed by atoms with Gasteiger partial charge in [-0.1, -0.05) is 17.3 Å². The van der Waals surface area contributed by atoms with Crippen LogP contribution in [0.5, 0.6) is 0 Å². The summed E-state index contributed by atoms with van der Waals surface area (Å²) >= 11 is 0. The number of hydrogen-bond donors (Lipinski definition) is 1. The predicted octanol–water partition coefficient (Wildman–Crippen LogP) is 4.26. The van der Waals surface area contributed by atoms with Crippen LogP contribution in [0.2, 0.25) is 0 Å². The molecular formula is C24H20N6O2. The van der Waals surface area contributed by atoms with Gasteiger partial charge in [-0.2, -0.15) is 4.98 Å². The lowest BCUT2D eigenvalue weighted by Gasteiger charge is -2.06. The largest absolute Gasteiger partial charge is 0.339 e. The molecule has 32 heavy (non-hydrogen) atoms. The fourth-order valence-electron chi connectivity index (χ4n) is 3.52. The van der Waals surface area contributed by atoms with Crippen LogP contribution in [0, 0.1) is 0 Å². The van der Waals surface area contributed by atoms with Crippen LogP contribution in [-0.4, -0.2) is 30.6 Å². The standard InChI is InChI=1S/C24H20N6O2/c1-30-20-5-3-2-4-19(20)27-24(30)17-6-8-18(9-7-17)26-21(31)10-11-22-28-23(29-32-22)16-12-14-25-15-13-16/h2-9,12-15H,10-11H2,1H3,(H,26,31). The average Bonchev–Trinajstić information content (AvgIpc) is 3.44. The van der Waals surface area contributed by atoms with Crippen molar-refractivity contribution in [3.05, 3.63) is 78.9 Å². The van der Waals surface area contributed by atoms with Crippen LogP contribution < -0.4 is 5.32 Å². The van der Waals surface area contributed by atoms with Crippen molar-refractivity contribution in [1.29, 1.82) is 0 Å². The quantitative estimate of drug-likeness (QED) is 0.437. The molecule has 3 heterocycles. The third-order valence-corrected chi connectivity index (χ3v) is 5.19. The minimum absolute atomic E-state index is 0.121. The first-order valence-electron chi connectivity index (χ1n) is 10.2. The monoisotopic (exact) mass is 424 g/mol. The van der Waals surface area contributed by atoms with Gasteiger partial charge in [0.05, 0.1) is 11.0 Å². The summed E-state index contributed by atoms with van der Waals surface area (Å²) in [7, 11) is 2.00. The Hall–Kier alpha value is -4.33. The molecule has 2 aromatic carbocycles. The van der Waals surface area contributed by atoms with E-state index in [0.29, 0.717) is 18.1 Å². The van der Waals surface area contributed by atoms with Gasteiger partial charge >= 0.3 is 0 Å². The Morgan fingerprint density at radius 1 is 0.969 bits per heavy atom. The van der Waals surface area contributed by atoms with E-state index in [2.05, 4.69) is 25.0 Å². The molecule has 0 saturated carbocycles. The molecule has 0 radical (unpaired) electrons. The van der Waals surface area contributed by atoms with Gasteiger partial charge in [-0.25, -0.2) is 4.98 Å². The number of aryl methyl sites for hydroxylation is 2. The molecule has 0 aliphatic heterocycles. The molecule has 0 aliphatic carbocycles. The minimum atomic E-state index is -0.121. The molecule has 5 aromatic rings. The van der Waals surface area contributed by atoms with E-state index in [1.165, 1.54) is 0 Å². The number of nitrogens with zero attached hydrogens (tertiary/aromatic N) is 5. The van der Waals surface area contributed by atoms with E-state index in [1.807, 2.05) is 55.6 Å². The lowest BCUT2D eigenvalue weighted by molar-refractivity contribution is -0.116. The predicted molar refractivity (Wildman–Crippen MR) is 121 cm³/mol. The zero-order valence-corrected chi connectivity index (χ0v) is 17.4. The van der Waals surface area contributed by atoms with Gasteiger partial charge in [0.25, 0.3) is 0 Å². The maximum Gasteiger partial charge on any atom is 0.227 e. The van der Waals surface area contributed by atoms with Crippen LogP contribution in [0.1, 0.15) is 12.3 Å². The van der Waals surface area contributed by atoms with Gasteiger partial charge in [0.15, 0.2) is 0 Å². The van der Waals surface area contributed by atoms with E-state index in [-0.39, 0.29) is 12.3 Å². The van der Waals surface area contributed by atoms with Gasteiger partial charge in [-0.05, 0) is 48.5 Å². The summed E-state index contributed by atoms with van der Waals surface area (Å²) in [4.78, 5) is 25.4. The lowest BCUT2D eigenvalue weighted by Crippen LogP contribution is -2.12. The minimum Gasteiger partial charge on any atom is -0.339 e. The van der Waals surface area contributed by atoms with Crippen LogP contribution in [0.4, 0.5) is 5.69 Å². The van der Waals surface area contributed by atoms with Gasteiger partial charge in [-0.3, -0.25) is 9.78 Å². The normalized spacial score (nSPS) is 11.0. The number of fused-ring (bicyclic) bond motifs is 1. The van der Waals surface area contributed by atoms with Gasteiger partial charge in [-0.15, -0.1) is 0 Å².